The number of amides is 2. The molecule has 25 heavy (non-hydrogen) atoms. The van der Waals surface area contributed by atoms with Gasteiger partial charge in [0, 0.05) is 11.7 Å². The molecule has 1 aliphatic rings. The Balaban J connectivity index is 1.98. The first-order valence-electron chi connectivity index (χ1n) is 8.25. The van der Waals surface area contributed by atoms with Gasteiger partial charge in [0.05, 0.1) is 5.56 Å². The van der Waals surface area contributed by atoms with Crippen LogP contribution in [-0.4, -0.2) is 17.9 Å². The molecule has 1 aromatic rings. The van der Waals surface area contributed by atoms with E-state index >= 15 is 0 Å². The number of rotatable bonds is 2. The Kier molecular flexibility index (Phi) is 5.44. The molecule has 1 aromatic carbocycles. The average Bonchev–Trinajstić information content (AvgIpc) is 2.44. The van der Waals surface area contributed by atoms with Crippen LogP contribution in [0.2, 0.25) is 0 Å². The largest absolute Gasteiger partial charge is 0.416 e. The second-order valence-electron chi connectivity index (χ2n) is 7.62. The van der Waals surface area contributed by atoms with E-state index in [0.29, 0.717) is 5.92 Å². The van der Waals surface area contributed by atoms with Gasteiger partial charge in [0.2, 0.25) is 0 Å². The fourth-order valence-electron chi connectivity index (χ4n) is 3.67. The highest BCUT2D eigenvalue weighted by molar-refractivity contribution is 6.39. The second kappa shape index (κ2) is 7.06. The van der Waals surface area contributed by atoms with Crippen LogP contribution in [0.4, 0.5) is 18.9 Å². The third-order valence-electron chi connectivity index (χ3n) is 4.38. The molecule has 138 valence electrons. The van der Waals surface area contributed by atoms with Crippen molar-refractivity contribution in [2.45, 2.75) is 52.3 Å². The summed E-state index contributed by atoms with van der Waals surface area (Å²) in [4.78, 5) is 24.1. The molecule has 0 heterocycles. The fourth-order valence-corrected chi connectivity index (χ4v) is 3.67. The summed E-state index contributed by atoms with van der Waals surface area (Å²) in [6.07, 6.45) is -1.91. The Labute approximate surface area is 145 Å². The van der Waals surface area contributed by atoms with Crippen molar-refractivity contribution in [3.8, 4) is 0 Å². The van der Waals surface area contributed by atoms with Crippen molar-refractivity contribution in [2.24, 2.45) is 11.3 Å². The molecule has 0 unspecified atom stereocenters. The third-order valence-corrected chi connectivity index (χ3v) is 4.38. The van der Waals surface area contributed by atoms with Crippen molar-refractivity contribution in [1.29, 1.82) is 0 Å². The van der Waals surface area contributed by atoms with Gasteiger partial charge in [-0.15, -0.1) is 0 Å². The predicted molar refractivity (Wildman–Crippen MR) is 88.8 cm³/mol. The van der Waals surface area contributed by atoms with Crippen molar-refractivity contribution in [3.63, 3.8) is 0 Å². The highest BCUT2D eigenvalue weighted by atomic mass is 19.4. The van der Waals surface area contributed by atoms with Crippen LogP contribution in [0.5, 0.6) is 0 Å². The summed E-state index contributed by atoms with van der Waals surface area (Å²) in [5, 5.41) is 4.92. The molecular weight excluding hydrogens is 333 g/mol. The van der Waals surface area contributed by atoms with Crippen LogP contribution >= 0.6 is 0 Å². The molecule has 2 atom stereocenters. The zero-order chi connectivity index (χ0) is 18.8. The summed E-state index contributed by atoms with van der Waals surface area (Å²) in [7, 11) is 0. The number of halogens is 3. The summed E-state index contributed by atoms with van der Waals surface area (Å²) in [6, 6.07) is 4.09. The van der Waals surface area contributed by atoms with Gasteiger partial charge in [-0.05, 0) is 48.8 Å². The Morgan fingerprint density at radius 1 is 1.16 bits per heavy atom. The first-order valence-corrected chi connectivity index (χ1v) is 8.25. The summed E-state index contributed by atoms with van der Waals surface area (Å²) >= 11 is 0. The maximum Gasteiger partial charge on any atom is 0.416 e. The Hall–Kier alpha value is -2.05. The number of hydrogen-bond acceptors (Lipinski definition) is 2. The highest BCUT2D eigenvalue weighted by Gasteiger charge is 2.34. The Morgan fingerprint density at radius 2 is 1.84 bits per heavy atom. The summed E-state index contributed by atoms with van der Waals surface area (Å²) < 4.78 is 38.1. The number of anilines is 1. The van der Waals surface area contributed by atoms with E-state index in [1.54, 1.807) is 0 Å². The molecule has 0 radical (unpaired) electrons. The van der Waals surface area contributed by atoms with Crippen molar-refractivity contribution in [3.05, 3.63) is 29.8 Å². The summed E-state index contributed by atoms with van der Waals surface area (Å²) in [6.45, 7) is 6.33. The summed E-state index contributed by atoms with van der Waals surface area (Å²) in [5.74, 6) is -1.36. The zero-order valence-corrected chi connectivity index (χ0v) is 14.5. The maximum atomic E-state index is 12.7. The van der Waals surface area contributed by atoms with Gasteiger partial charge in [0.1, 0.15) is 0 Å². The van der Waals surface area contributed by atoms with E-state index in [9.17, 15) is 22.8 Å². The smallest absolute Gasteiger partial charge is 0.345 e. The SMILES string of the molecule is C[C@H]1C[C@H](NC(=O)C(=O)Nc2cccc(C(F)(F)F)c2)CC(C)(C)C1. The molecule has 7 heteroatoms. The lowest BCUT2D eigenvalue weighted by atomic mass is 9.70. The number of nitrogens with one attached hydrogen (secondary N) is 2. The van der Waals surface area contributed by atoms with Crippen LogP contribution in [0.1, 0.15) is 45.6 Å². The van der Waals surface area contributed by atoms with Crippen molar-refractivity contribution < 1.29 is 22.8 Å². The Morgan fingerprint density at radius 3 is 2.44 bits per heavy atom. The monoisotopic (exact) mass is 356 g/mol. The molecule has 0 aromatic heterocycles. The molecular formula is C18H23F3N2O2. The highest BCUT2D eigenvalue weighted by Crippen LogP contribution is 2.38. The van der Waals surface area contributed by atoms with Gasteiger partial charge in [0.25, 0.3) is 0 Å². The van der Waals surface area contributed by atoms with Crippen LogP contribution in [0, 0.1) is 11.3 Å². The van der Waals surface area contributed by atoms with Crippen molar-refractivity contribution >= 4 is 17.5 Å². The van der Waals surface area contributed by atoms with Crippen LogP contribution in [0.15, 0.2) is 24.3 Å². The van der Waals surface area contributed by atoms with Crippen molar-refractivity contribution in [2.75, 3.05) is 5.32 Å². The Bertz CT molecular complexity index is 656. The summed E-state index contributed by atoms with van der Waals surface area (Å²) in [5.41, 5.74) is -0.867. The second-order valence-corrected chi connectivity index (χ2v) is 7.62. The molecule has 2 N–H and O–H groups in total. The van der Waals surface area contributed by atoms with Crippen LogP contribution in [-0.2, 0) is 15.8 Å². The van der Waals surface area contributed by atoms with E-state index in [1.165, 1.54) is 12.1 Å². The van der Waals surface area contributed by atoms with E-state index < -0.39 is 23.6 Å². The maximum absolute atomic E-state index is 12.7. The molecule has 4 nitrogen and oxygen atoms in total. The predicted octanol–water partition coefficient (Wildman–Crippen LogP) is 3.97. The van der Waals surface area contributed by atoms with Gasteiger partial charge in [-0.1, -0.05) is 26.8 Å². The molecule has 1 fully saturated rings. The first-order chi connectivity index (χ1) is 11.5. The van der Waals surface area contributed by atoms with E-state index in [-0.39, 0.29) is 17.1 Å². The molecule has 1 saturated carbocycles. The van der Waals surface area contributed by atoms with Gasteiger partial charge in [-0.3, -0.25) is 9.59 Å². The minimum absolute atomic E-state index is 0.0627. The van der Waals surface area contributed by atoms with Gasteiger partial charge in [-0.2, -0.15) is 13.2 Å². The van der Waals surface area contributed by atoms with Crippen LogP contribution < -0.4 is 10.6 Å². The number of alkyl halides is 3. The number of hydrogen-bond donors (Lipinski definition) is 2. The van der Waals surface area contributed by atoms with Crippen LogP contribution in [0.3, 0.4) is 0 Å². The lowest BCUT2D eigenvalue weighted by Crippen LogP contribution is -2.46. The number of benzene rings is 1. The molecule has 2 rings (SSSR count). The molecule has 0 spiro atoms. The lowest BCUT2D eigenvalue weighted by molar-refractivity contribution is -0.137. The van der Waals surface area contributed by atoms with Gasteiger partial charge >= 0.3 is 18.0 Å². The van der Waals surface area contributed by atoms with Crippen molar-refractivity contribution in [1.82, 2.24) is 5.32 Å². The van der Waals surface area contributed by atoms with Gasteiger partial charge < -0.3 is 10.6 Å². The van der Waals surface area contributed by atoms with Gasteiger partial charge in [0.15, 0.2) is 0 Å². The number of carbonyl (C=O) groups is 2. The average molecular weight is 356 g/mol. The lowest BCUT2D eigenvalue weighted by Gasteiger charge is -2.39. The van der Waals surface area contributed by atoms with E-state index in [4.69, 9.17) is 0 Å². The fraction of sp³-hybridized carbons (Fsp3) is 0.556. The molecule has 2 amide bonds. The third kappa shape index (κ3) is 5.47. The molecule has 1 aliphatic carbocycles. The standard InChI is InChI=1S/C18H23F3N2O2/c1-11-7-14(10-17(2,3)9-11)23-16(25)15(24)22-13-6-4-5-12(8-13)18(19,20)21/h4-6,8,11,14H,7,9-10H2,1-3H3,(H,22,24)(H,23,25)/t11-,14-/m0/s1. The molecule has 0 bridgehead atoms. The first kappa shape index (κ1) is 19.3. The normalized spacial score (nSPS) is 23.0. The molecule has 0 aliphatic heterocycles. The molecule has 0 saturated heterocycles. The minimum Gasteiger partial charge on any atom is -0.345 e. The van der Waals surface area contributed by atoms with E-state index in [2.05, 4.69) is 31.4 Å². The quantitative estimate of drug-likeness (QED) is 0.788. The zero-order valence-electron chi connectivity index (χ0n) is 14.5. The van der Waals surface area contributed by atoms with E-state index in [0.717, 1.165) is 31.4 Å². The minimum atomic E-state index is -4.51. The van der Waals surface area contributed by atoms with Gasteiger partial charge in [-0.25, -0.2) is 0 Å². The van der Waals surface area contributed by atoms with Crippen LogP contribution in [0.25, 0.3) is 0 Å². The van der Waals surface area contributed by atoms with E-state index in [1.807, 2.05) is 0 Å². The topological polar surface area (TPSA) is 58.2 Å². The number of carbonyl (C=O) groups excluding carboxylic acids is 2.